The molecule has 22 heavy (non-hydrogen) atoms. The predicted molar refractivity (Wildman–Crippen MR) is 91.5 cm³/mol. The number of nitrogens with zero attached hydrogens (tertiary/aromatic N) is 1. The number of ether oxygens (including phenoxy) is 2. The highest BCUT2D eigenvalue weighted by molar-refractivity contribution is 6.13. The van der Waals surface area contributed by atoms with Crippen molar-refractivity contribution < 1.29 is 9.47 Å². The van der Waals surface area contributed by atoms with Crippen molar-refractivity contribution in [3.63, 3.8) is 0 Å². The Hall–Kier alpha value is -2.75. The third kappa shape index (κ3) is 1.96. The van der Waals surface area contributed by atoms with E-state index in [1.165, 1.54) is 0 Å². The van der Waals surface area contributed by atoms with Gasteiger partial charge >= 0.3 is 0 Å². The monoisotopic (exact) mass is 294 g/mol. The van der Waals surface area contributed by atoms with Crippen LogP contribution in [0.1, 0.15) is 18.1 Å². The number of aromatic amines is 1. The predicted octanol–water partition coefficient (Wildman–Crippen LogP) is 4.41. The molecule has 3 rings (SSSR count). The molecule has 0 aliphatic carbocycles. The molecule has 4 nitrogen and oxygen atoms in total. The maximum atomic E-state index is 5.43. The van der Waals surface area contributed by atoms with Gasteiger partial charge in [0.15, 0.2) is 11.5 Å². The highest BCUT2D eigenvalue weighted by Gasteiger charge is 2.15. The Labute approximate surface area is 129 Å². The van der Waals surface area contributed by atoms with Crippen molar-refractivity contribution in [2.75, 3.05) is 14.2 Å². The molecule has 0 saturated heterocycles. The minimum absolute atomic E-state index is 0.694. The van der Waals surface area contributed by atoms with Gasteiger partial charge in [0.1, 0.15) is 0 Å². The molecule has 4 heteroatoms. The summed E-state index contributed by atoms with van der Waals surface area (Å²) < 4.78 is 10.9. The van der Waals surface area contributed by atoms with E-state index in [2.05, 4.69) is 22.9 Å². The van der Waals surface area contributed by atoms with Crippen LogP contribution in [0.25, 0.3) is 33.8 Å². The fourth-order valence-corrected chi connectivity index (χ4v) is 2.86. The zero-order chi connectivity index (χ0) is 15.7. The molecule has 0 aliphatic rings. The van der Waals surface area contributed by atoms with Gasteiger partial charge in [-0.2, -0.15) is 5.10 Å². The van der Waals surface area contributed by atoms with Gasteiger partial charge in [0.05, 0.1) is 25.9 Å². The van der Waals surface area contributed by atoms with E-state index in [-0.39, 0.29) is 0 Å². The first kappa shape index (κ1) is 14.2. The fraction of sp³-hybridized carbons (Fsp3) is 0.167. The minimum atomic E-state index is 0.694. The van der Waals surface area contributed by atoms with Crippen molar-refractivity contribution in [1.29, 1.82) is 0 Å². The molecule has 0 spiro atoms. The van der Waals surface area contributed by atoms with E-state index < -0.39 is 0 Å². The molecule has 0 radical (unpaired) electrons. The molecular weight excluding hydrogens is 276 g/mol. The number of hydrogen-bond acceptors (Lipinski definition) is 3. The van der Waals surface area contributed by atoms with Gasteiger partial charge in [-0.3, -0.25) is 5.10 Å². The lowest BCUT2D eigenvalue weighted by Crippen LogP contribution is -1.93. The van der Waals surface area contributed by atoms with Crippen LogP contribution in [0.4, 0.5) is 0 Å². The lowest BCUT2D eigenvalue weighted by Gasteiger charge is -2.14. The summed E-state index contributed by atoms with van der Waals surface area (Å²) in [6, 6.07) is 3.96. The summed E-state index contributed by atoms with van der Waals surface area (Å²) in [6.07, 6.45) is 7.80. The molecule has 0 saturated carbocycles. The van der Waals surface area contributed by atoms with Gasteiger partial charge in [0.25, 0.3) is 0 Å². The largest absolute Gasteiger partial charge is 0.493 e. The summed E-state index contributed by atoms with van der Waals surface area (Å²) >= 11 is 0. The number of rotatable bonds is 4. The van der Waals surface area contributed by atoms with Gasteiger partial charge in [-0.15, -0.1) is 0 Å². The van der Waals surface area contributed by atoms with Crippen LogP contribution >= 0.6 is 0 Å². The number of H-pyrrole nitrogens is 1. The van der Waals surface area contributed by atoms with Crippen LogP contribution in [0.3, 0.4) is 0 Å². The average molecular weight is 294 g/mol. The molecule has 0 fully saturated rings. The number of allylic oxidation sites excluding steroid dienone is 1. The van der Waals surface area contributed by atoms with Crippen LogP contribution in [0.15, 0.2) is 31.0 Å². The summed E-state index contributed by atoms with van der Waals surface area (Å²) in [5, 5.41) is 10.4. The van der Waals surface area contributed by atoms with Gasteiger partial charge in [-0.25, -0.2) is 0 Å². The van der Waals surface area contributed by atoms with Crippen LogP contribution in [0.5, 0.6) is 11.5 Å². The van der Waals surface area contributed by atoms with Crippen molar-refractivity contribution in [2.45, 2.75) is 6.92 Å². The van der Waals surface area contributed by atoms with Gasteiger partial charge in [0, 0.05) is 10.8 Å². The van der Waals surface area contributed by atoms with E-state index in [9.17, 15) is 0 Å². The molecule has 2 aromatic carbocycles. The molecular formula is C18H18N2O2. The number of methoxy groups -OCH3 is 2. The number of benzene rings is 2. The van der Waals surface area contributed by atoms with Crippen LogP contribution in [-0.2, 0) is 0 Å². The van der Waals surface area contributed by atoms with Crippen molar-refractivity contribution in [3.05, 3.63) is 42.1 Å². The Balaban J connectivity index is 2.56. The van der Waals surface area contributed by atoms with Crippen LogP contribution in [0.2, 0.25) is 0 Å². The average Bonchev–Trinajstić information content (AvgIpc) is 3.03. The smallest absolute Gasteiger partial charge is 0.161 e. The molecule has 0 aliphatic heterocycles. The van der Waals surface area contributed by atoms with Gasteiger partial charge in [0.2, 0.25) is 0 Å². The molecule has 1 aromatic heterocycles. The van der Waals surface area contributed by atoms with E-state index in [0.29, 0.717) is 11.5 Å². The summed E-state index contributed by atoms with van der Waals surface area (Å²) in [6.45, 7) is 5.97. The zero-order valence-corrected chi connectivity index (χ0v) is 12.9. The molecule has 112 valence electrons. The molecule has 3 aromatic rings. The van der Waals surface area contributed by atoms with Crippen molar-refractivity contribution in [3.8, 4) is 11.5 Å². The Morgan fingerprint density at radius 3 is 2.32 bits per heavy atom. The van der Waals surface area contributed by atoms with Crippen LogP contribution < -0.4 is 9.47 Å². The van der Waals surface area contributed by atoms with Crippen LogP contribution in [0, 0.1) is 0 Å². The fourth-order valence-electron chi connectivity index (χ4n) is 2.86. The Morgan fingerprint density at radius 2 is 1.73 bits per heavy atom. The summed E-state index contributed by atoms with van der Waals surface area (Å²) in [7, 11) is 3.27. The third-order valence-corrected chi connectivity index (χ3v) is 3.84. The van der Waals surface area contributed by atoms with Crippen molar-refractivity contribution >= 4 is 33.8 Å². The highest BCUT2D eigenvalue weighted by atomic mass is 16.5. The van der Waals surface area contributed by atoms with E-state index >= 15 is 0 Å². The second-order valence-electron chi connectivity index (χ2n) is 4.94. The summed E-state index contributed by atoms with van der Waals surface area (Å²) in [4.78, 5) is 0. The van der Waals surface area contributed by atoms with Crippen molar-refractivity contribution in [1.82, 2.24) is 10.2 Å². The topological polar surface area (TPSA) is 47.1 Å². The first-order valence-corrected chi connectivity index (χ1v) is 7.05. The maximum Gasteiger partial charge on any atom is 0.161 e. The van der Waals surface area contributed by atoms with Crippen LogP contribution in [-0.4, -0.2) is 24.4 Å². The summed E-state index contributed by atoms with van der Waals surface area (Å²) in [5.74, 6) is 1.39. The molecule has 1 N–H and O–H groups in total. The second-order valence-corrected chi connectivity index (χ2v) is 4.94. The molecule has 0 unspecified atom stereocenters. The SMILES string of the molecule is C=Cc1c(/C=C\C)c2cn[nH]c2c2cc(OC)c(OC)cc12. The van der Waals surface area contributed by atoms with Crippen molar-refractivity contribution in [2.24, 2.45) is 0 Å². The van der Waals surface area contributed by atoms with E-state index in [0.717, 1.165) is 32.8 Å². The molecule has 1 heterocycles. The van der Waals surface area contributed by atoms with E-state index in [4.69, 9.17) is 9.47 Å². The highest BCUT2D eigenvalue weighted by Crippen LogP contribution is 2.39. The first-order chi connectivity index (χ1) is 10.7. The van der Waals surface area contributed by atoms with Gasteiger partial charge in [-0.1, -0.05) is 24.8 Å². The molecule has 0 atom stereocenters. The number of aromatic nitrogens is 2. The Morgan fingerprint density at radius 1 is 1.05 bits per heavy atom. The van der Waals surface area contributed by atoms with Gasteiger partial charge in [-0.05, 0) is 35.6 Å². The lowest BCUT2D eigenvalue weighted by atomic mass is 9.94. The van der Waals surface area contributed by atoms with Gasteiger partial charge < -0.3 is 9.47 Å². The Kier molecular flexibility index (Phi) is 3.59. The second kappa shape index (κ2) is 5.56. The molecule has 0 bridgehead atoms. The first-order valence-electron chi connectivity index (χ1n) is 7.05. The number of hydrogen-bond donors (Lipinski definition) is 1. The third-order valence-electron chi connectivity index (χ3n) is 3.84. The standard InChI is InChI=1S/C18H18N2O2/c1-5-7-12-11(6-2)13-8-16(21-3)17(22-4)9-14(13)18-15(12)10-19-20-18/h5-10H,2H2,1,3-4H3,(H,19,20)/b7-5-. The quantitative estimate of drug-likeness (QED) is 0.775. The normalized spacial score (nSPS) is 11.4. The summed E-state index contributed by atoms with van der Waals surface area (Å²) in [5.41, 5.74) is 3.14. The van der Waals surface area contributed by atoms with E-state index in [1.807, 2.05) is 37.4 Å². The number of nitrogens with one attached hydrogen (secondary N) is 1. The Bertz CT molecular complexity index is 891. The lowest BCUT2D eigenvalue weighted by molar-refractivity contribution is 0.356. The maximum absolute atomic E-state index is 5.43. The number of fused-ring (bicyclic) bond motifs is 3. The van der Waals surface area contributed by atoms with E-state index in [1.54, 1.807) is 14.2 Å². The minimum Gasteiger partial charge on any atom is -0.493 e. The zero-order valence-electron chi connectivity index (χ0n) is 12.9. The molecule has 0 amide bonds.